The minimum absolute atomic E-state index is 0.305. The number of methoxy groups -OCH3 is 1. The monoisotopic (exact) mass is 318 g/mol. The summed E-state index contributed by atoms with van der Waals surface area (Å²) in [6, 6.07) is 8.21. The minimum Gasteiger partial charge on any atom is -0.453 e. The SMILES string of the molecule is COC(=O)Nc1cccc(NC(=O)N(C)Cc2cc(C)on2)c1. The van der Waals surface area contributed by atoms with Gasteiger partial charge in [0.25, 0.3) is 0 Å². The number of rotatable bonds is 4. The summed E-state index contributed by atoms with van der Waals surface area (Å²) in [5.41, 5.74) is 1.73. The summed E-state index contributed by atoms with van der Waals surface area (Å²) in [5.74, 6) is 0.690. The van der Waals surface area contributed by atoms with E-state index in [0.717, 1.165) is 0 Å². The number of hydrogen-bond donors (Lipinski definition) is 2. The van der Waals surface area contributed by atoms with Crippen molar-refractivity contribution in [3.05, 3.63) is 41.8 Å². The van der Waals surface area contributed by atoms with E-state index in [1.165, 1.54) is 12.0 Å². The molecule has 1 aromatic heterocycles. The molecule has 8 heteroatoms. The molecule has 0 unspecified atom stereocenters. The van der Waals surface area contributed by atoms with Crippen LogP contribution < -0.4 is 10.6 Å². The number of anilines is 2. The van der Waals surface area contributed by atoms with Crippen LogP contribution in [0.5, 0.6) is 0 Å². The lowest BCUT2D eigenvalue weighted by Gasteiger charge is -2.17. The number of hydrogen-bond acceptors (Lipinski definition) is 5. The second-order valence-electron chi connectivity index (χ2n) is 4.91. The zero-order valence-corrected chi connectivity index (χ0v) is 13.1. The van der Waals surface area contributed by atoms with E-state index in [4.69, 9.17) is 4.52 Å². The Labute approximate surface area is 133 Å². The van der Waals surface area contributed by atoms with Crippen molar-refractivity contribution in [3.63, 3.8) is 0 Å². The fraction of sp³-hybridized carbons (Fsp3) is 0.267. The number of urea groups is 1. The average Bonchev–Trinajstić information content (AvgIpc) is 2.92. The molecule has 2 rings (SSSR count). The summed E-state index contributed by atoms with van der Waals surface area (Å²) in [4.78, 5) is 24.8. The van der Waals surface area contributed by atoms with Crippen LogP contribution in [-0.4, -0.2) is 36.3 Å². The Hall–Kier alpha value is -3.03. The first-order chi connectivity index (χ1) is 11.0. The zero-order valence-electron chi connectivity index (χ0n) is 13.1. The zero-order chi connectivity index (χ0) is 16.8. The Kier molecular flexibility index (Phi) is 5.19. The predicted octanol–water partition coefficient (Wildman–Crippen LogP) is 2.83. The molecule has 23 heavy (non-hydrogen) atoms. The Morgan fingerprint density at radius 2 is 1.96 bits per heavy atom. The van der Waals surface area contributed by atoms with Crippen LogP contribution in [0.25, 0.3) is 0 Å². The highest BCUT2D eigenvalue weighted by molar-refractivity contribution is 5.91. The van der Waals surface area contributed by atoms with Crippen molar-refractivity contribution < 1.29 is 18.8 Å². The average molecular weight is 318 g/mol. The number of benzene rings is 1. The molecule has 2 N–H and O–H groups in total. The Bertz CT molecular complexity index is 698. The molecule has 0 atom stereocenters. The second kappa shape index (κ2) is 7.30. The van der Waals surface area contributed by atoms with Crippen LogP contribution in [0.1, 0.15) is 11.5 Å². The van der Waals surface area contributed by atoms with Gasteiger partial charge in [-0.2, -0.15) is 0 Å². The molecule has 0 radical (unpaired) electrons. The molecule has 122 valence electrons. The molecule has 0 aliphatic carbocycles. The first-order valence-electron chi connectivity index (χ1n) is 6.87. The lowest BCUT2D eigenvalue weighted by atomic mass is 10.3. The molecule has 0 saturated heterocycles. The van der Waals surface area contributed by atoms with Crippen molar-refractivity contribution >= 4 is 23.5 Å². The lowest BCUT2D eigenvalue weighted by molar-refractivity contribution is 0.187. The van der Waals surface area contributed by atoms with Crippen LogP contribution in [0.4, 0.5) is 21.0 Å². The third-order valence-electron chi connectivity index (χ3n) is 2.97. The van der Waals surface area contributed by atoms with Gasteiger partial charge in [-0.05, 0) is 25.1 Å². The molecular weight excluding hydrogens is 300 g/mol. The number of carbonyl (C=O) groups is 2. The van der Waals surface area contributed by atoms with Gasteiger partial charge in [0.15, 0.2) is 0 Å². The van der Waals surface area contributed by atoms with Crippen molar-refractivity contribution in [1.82, 2.24) is 10.1 Å². The van der Waals surface area contributed by atoms with Gasteiger partial charge < -0.3 is 19.5 Å². The minimum atomic E-state index is -0.577. The number of aryl methyl sites for hydroxylation is 1. The smallest absolute Gasteiger partial charge is 0.411 e. The van der Waals surface area contributed by atoms with Crippen LogP contribution in [0.2, 0.25) is 0 Å². The van der Waals surface area contributed by atoms with Gasteiger partial charge in [0.2, 0.25) is 0 Å². The van der Waals surface area contributed by atoms with E-state index in [1.54, 1.807) is 44.3 Å². The first kappa shape index (κ1) is 16.3. The van der Waals surface area contributed by atoms with Gasteiger partial charge in [-0.3, -0.25) is 5.32 Å². The van der Waals surface area contributed by atoms with Gasteiger partial charge in [0.1, 0.15) is 11.5 Å². The number of aromatic nitrogens is 1. The molecular formula is C15H18N4O4. The van der Waals surface area contributed by atoms with Crippen molar-refractivity contribution in [2.45, 2.75) is 13.5 Å². The highest BCUT2D eigenvalue weighted by atomic mass is 16.5. The van der Waals surface area contributed by atoms with E-state index in [2.05, 4.69) is 20.5 Å². The Morgan fingerprint density at radius 3 is 2.57 bits per heavy atom. The molecule has 3 amide bonds. The van der Waals surface area contributed by atoms with Crippen molar-refractivity contribution in [2.75, 3.05) is 24.8 Å². The first-order valence-corrected chi connectivity index (χ1v) is 6.87. The lowest BCUT2D eigenvalue weighted by Crippen LogP contribution is -2.31. The number of carbonyl (C=O) groups excluding carboxylic acids is 2. The molecule has 0 spiro atoms. The quantitative estimate of drug-likeness (QED) is 0.903. The number of nitrogens with one attached hydrogen (secondary N) is 2. The van der Waals surface area contributed by atoms with Gasteiger partial charge in [0.05, 0.1) is 13.7 Å². The second-order valence-corrected chi connectivity index (χ2v) is 4.91. The van der Waals surface area contributed by atoms with Gasteiger partial charge in [-0.1, -0.05) is 11.2 Å². The Morgan fingerprint density at radius 1 is 1.26 bits per heavy atom. The van der Waals surface area contributed by atoms with Crippen molar-refractivity contribution in [2.24, 2.45) is 0 Å². The van der Waals surface area contributed by atoms with Crippen LogP contribution in [0, 0.1) is 6.92 Å². The van der Waals surface area contributed by atoms with Gasteiger partial charge >= 0.3 is 12.1 Å². The summed E-state index contributed by atoms with van der Waals surface area (Å²) in [7, 11) is 2.93. The third-order valence-corrected chi connectivity index (χ3v) is 2.97. The number of nitrogens with zero attached hydrogens (tertiary/aromatic N) is 2. The fourth-order valence-electron chi connectivity index (χ4n) is 1.87. The fourth-order valence-corrected chi connectivity index (χ4v) is 1.87. The molecule has 2 aromatic rings. The van der Waals surface area contributed by atoms with E-state index >= 15 is 0 Å². The molecule has 0 aliphatic rings. The summed E-state index contributed by atoms with van der Waals surface area (Å²) < 4.78 is 9.49. The molecule has 8 nitrogen and oxygen atoms in total. The van der Waals surface area contributed by atoms with Crippen LogP contribution in [0.15, 0.2) is 34.9 Å². The molecule has 0 aliphatic heterocycles. The van der Waals surface area contributed by atoms with Gasteiger partial charge in [0, 0.05) is 24.5 Å². The van der Waals surface area contributed by atoms with Crippen molar-refractivity contribution in [1.29, 1.82) is 0 Å². The maximum Gasteiger partial charge on any atom is 0.411 e. The van der Waals surface area contributed by atoms with E-state index < -0.39 is 6.09 Å². The van der Waals surface area contributed by atoms with E-state index in [0.29, 0.717) is 29.4 Å². The maximum absolute atomic E-state index is 12.2. The largest absolute Gasteiger partial charge is 0.453 e. The Balaban J connectivity index is 1.96. The number of ether oxygens (including phenoxy) is 1. The third kappa shape index (κ3) is 4.73. The summed E-state index contributed by atoms with van der Waals surface area (Å²) in [6.45, 7) is 2.11. The van der Waals surface area contributed by atoms with Gasteiger partial charge in [-0.15, -0.1) is 0 Å². The summed E-state index contributed by atoms with van der Waals surface area (Å²) >= 11 is 0. The normalized spacial score (nSPS) is 10.0. The van der Waals surface area contributed by atoms with Crippen LogP contribution in [0.3, 0.4) is 0 Å². The summed E-state index contributed by atoms with van der Waals surface area (Å²) in [5, 5.41) is 9.11. The van der Waals surface area contributed by atoms with E-state index in [-0.39, 0.29) is 6.03 Å². The number of amides is 3. The topological polar surface area (TPSA) is 96.7 Å². The molecule has 1 aromatic carbocycles. The summed E-state index contributed by atoms with van der Waals surface area (Å²) in [6.07, 6.45) is -0.577. The highest BCUT2D eigenvalue weighted by Crippen LogP contribution is 2.16. The molecule has 0 saturated carbocycles. The highest BCUT2D eigenvalue weighted by Gasteiger charge is 2.12. The standard InChI is InChI=1S/C15H18N4O4/c1-10-7-13(18-23-10)9-19(2)14(20)16-11-5-4-6-12(8-11)17-15(21)22-3/h4-8H,9H2,1-3H3,(H,16,20)(H,17,21). The van der Waals surface area contributed by atoms with Crippen LogP contribution >= 0.6 is 0 Å². The predicted molar refractivity (Wildman–Crippen MR) is 84.2 cm³/mol. The van der Waals surface area contributed by atoms with E-state index in [9.17, 15) is 9.59 Å². The molecule has 1 heterocycles. The van der Waals surface area contributed by atoms with Crippen molar-refractivity contribution in [3.8, 4) is 0 Å². The van der Waals surface area contributed by atoms with E-state index in [1.807, 2.05) is 0 Å². The maximum atomic E-state index is 12.2. The molecule has 0 bridgehead atoms. The van der Waals surface area contributed by atoms with Gasteiger partial charge in [-0.25, -0.2) is 9.59 Å². The van der Waals surface area contributed by atoms with Crippen LogP contribution in [-0.2, 0) is 11.3 Å². The molecule has 0 fully saturated rings.